The molecule has 1 N–H and O–H groups in total. The first-order valence-corrected chi connectivity index (χ1v) is 3.46. The molecule has 0 aliphatic heterocycles. The van der Waals surface area contributed by atoms with Gasteiger partial charge in [0, 0.05) is 0 Å². The van der Waals surface area contributed by atoms with Gasteiger partial charge in [-0.3, -0.25) is 0 Å². The highest BCUT2D eigenvalue weighted by molar-refractivity contribution is 6.57. The normalized spacial score (nSPS) is 10.3. The lowest BCUT2D eigenvalue weighted by Crippen LogP contribution is -2.35. The maximum absolute atomic E-state index is 3.15. The van der Waals surface area contributed by atoms with Crippen molar-refractivity contribution >= 4 is 6.71 Å². The molecule has 2 nitrogen and oxygen atoms in total. The lowest BCUT2D eigenvalue weighted by molar-refractivity contribution is 0.473. The summed E-state index contributed by atoms with van der Waals surface area (Å²) in [5.74, 6) is 0. The van der Waals surface area contributed by atoms with Gasteiger partial charge in [-0.05, 0) is 34.0 Å². The minimum Gasteiger partial charge on any atom is -0.327 e. The lowest BCUT2D eigenvalue weighted by atomic mass is 9.52. The monoisotopic (exact) mass is 128 g/mol. The average molecular weight is 128 g/mol. The Morgan fingerprint density at radius 1 is 1.44 bits per heavy atom. The number of rotatable bonds is 4. The van der Waals surface area contributed by atoms with Crippen LogP contribution in [0, 0.1) is 0 Å². The summed E-state index contributed by atoms with van der Waals surface area (Å²) in [6.07, 6.45) is 2.28. The highest BCUT2D eigenvalue weighted by Gasteiger charge is 2.04. The molecule has 3 heteroatoms. The summed E-state index contributed by atoms with van der Waals surface area (Å²) >= 11 is 0. The fourth-order valence-corrected chi connectivity index (χ4v) is 1.04. The zero-order valence-electron chi connectivity index (χ0n) is 6.94. The van der Waals surface area contributed by atoms with Gasteiger partial charge in [0.25, 0.3) is 0 Å². The quantitative estimate of drug-likeness (QED) is 0.535. The molecule has 0 aliphatic rings. The second-order valence-corrected chi connectivity index (χ2v) is 2.93. The molecule has 0 aromatic heterocycles. The van der Waals surface area contributed by atoms with E-state index < -0.39 is 0 Å². The van der Waals surface area contributed by atoms with Crippen LogP contribution in [0.2, 0.25) is 6.82 Å². The van der Waals surface area contributed by atoms with Crippen molar-refractivity contribution in [3.8, 4) is 0 Å². The summed E-state index contributed by atoms with van der Waals surface area (Å²) in [7, 11) is 6.20. The third-order valence-electron chi connectivity index (χ3n) is 1.23. The molecule has 0 spiro atoms. The Morgan fingerprint density at radius 3 is 2.33 bits per heavy atom. The van der Waals surface area contributed by atoms with Crippen LogP contribution in [0.4, 0.5) is 0 Å². The van der Waals surface area contributed by atoms with Gasteiger partial charge in [-0.1, -0.05) is 6.82 Å². The van der Waals surface area contributed by atoms with Crippen molar-refractivity contribution in [2.24, 2.45) is 0 Å². The molecule has 0 rings (SSSR count). The molecule has 0 saturated heterocycles. The first-order valence-electron chi connectivity index (χ1n) is 3.46. The van der Waals surface area contributed by atoms with Crippen molar-refractivity contribution < 1.29 is 0 Å². The summed E-state index contributed by atoms with van der Waals surface area (Å²) in [4.78, 5) is 2.21. The first-order chi connectivity index (χ1) is 4.16. The van der Waals surface area contributed by atoms with E-state index in [1.807, 2.05) is 7.05 Å². The molecule has 0 fully saturated rings. The fraction of sp³-hybridized carbons (Fsp3) is 1.00. The Bertz CT molecular complexity index is 66.1. The molecular weight excluding hydrogens is 111 g/mol. The standard InChI is InChI=1S/C6H17BN2/c1-7(5-8-2)6-9(3)4/h8H,5-6H2,1-4H3. The fourth-order valence-electron chi connectivity index (χ4n) is 1.04. The van der Waals surface area contributed by atoms with Crippen LogP contribution < -0.4 is 5.32 Å². The van der Waals surface area contributed by atoms with Crippen LogP contribution in [0.25, 0.3) is 0 Å². The van der Waals surface area contributed by atoms with Crippen LogP contribution in [0.15, 0.2) is 0 Å². The zero-order chi connectivity index (χ0) is 7.28. The molecular formula is C6H17BN2. The van der Waals surface area contributed by atoms with Crippen LogP contribution in [-0.4, -0.2) is 45.6 Å². The van der Waals surface area contributed by atoms with E-state index >= 15 is 0 Å². The predicted octanol–water partition coefficient (Wildman–Crippen LogP) is -0.0296. The molecule has 0 bridgehead atoms. The highest BCUT2D eigenvalue weighted by Crippen LogP contribution is 1.81. The highest BCUT2D eigenvalue weighted by atomic mass is 15.0. The predicted molar refractivity (Wildman–Crippen MR) is 44.1 cm³/mol. The van der Waals surface area contributed by atoms with Crippen LogP contribution in [0.3, 0.4) is 0 Å². The van der Waals surface area contributed by atoms with Crippen LogP contribution in [0.1, 0.15) is 0 Å². The second kappa shape index (κ2) is 4.83. The number of hydrogen-bond acceptors (Lipinski definition) is 2. The van der Waals surface area contributed by atoms with Crippen molar-refractivity contribution in [1.82, 2.24) is 10.2 Å². The Morgan fingerprint density at radius 2 is 2.00 bits per heavy atom. The third kappa shape index (κ3) is 5.86. The summed E-state index contributed by atoms with van der Waals surface area (Å²) < 4.78 is 0. The molecule has 0 radical (unpaired) electrons. The van der Waals surface area contributed by atoms with E-state index in [2.05, 4.69) is 31.1 Å². The maximum Gasteiger partial charge on any atom is 0.169 e. The van der Waals surface area contributed by atoms with Gasteiger partial charge >= 0.3 is 0 Å². The van der Waals surface area contributed by atoms with Gasteiger partial charge in [0.2, 0.25) is 0 Å². The van der Waals surface area contributed by atoms with Crippen molar-refractivity contribution in [2.75, 3.05) is 34.0 Å². The molecule has 0 aromatic carbocycles. The number of nitrogens with zero attached hydrogens (tertiary/aromatic N) is 1. The minimum atomic E-state index is 0.755. The van der Waals surface area contributed by atoms with Gasteiger partial charge in [0.05, 0.1) is 0 Å². The van der Waals surface area contributed by atoms with Crippen molar-refractivity contribution in [3.05, 3.63) is 0 Å². The van der Waals surface area contributed by atoms with E-state index in [1.165, 1.54) is 6.44 Å². The van der Waals surface area contributed by atoms with Gasteiger partial charge in [0.1, 0.15) is 0 Å². The van der Waals surface area contributed by atoms with Gasteiger partial charge in [-0.25, -0.2) is 0 Å². The van der Waals surface area contributed by atoms with Crippen LogP contribution >= 0.6 is 0 Å². The van der Waals surface area contributed by atoms with E-state index in [0.717, 1.165) is 13.2 Å². The molecule has 0 aliphatic carbocycles. The van der Waals surface area contributed by atoms with Crippen LogP contribution in [-0.2, 0) is 0 Å². The molecule has 54 valence electrons. The Kier molecular flexibility index (Phi) is 4.82. The molecule has 0 saturated carbocycles. The molecule has 0 amide bonds. The van der Waals surface area contributed by atoms with E-state index in [9.17, 15) is 0 Å². The topological polar surface area (TPSA) is 15.3 Å². The van der Waals surface area contributed by atoms with Gasteiger partial charge < -0.3 is 10.2 Å². The molecule has 0 heterocycles. The van der Waals surface area contributed by atoms with Gasteiger partial charge in [-0.2, -0.15) is 0 Å². The summed E-state index contributed by atoms with van der Waals surface area (Å²) in [5.41, 5.74) is 0. The van der Waals surface area contributed by atoms with E-state index in [4.69, 9.17) is 0 Å². The largest absolute Gasteiger partial charge is 0.327 e. The number of nitrogens with one attached hydrogen (secondary N) is 1. The number of hydrogen-bond donors (Lipinski definition) is 1. The minimum absolute atomic E-state index is 0.755. The summed E-state index contributed by atoms with van der Waals surface area (Å²) in [6.45, 7) is 3.00. The SMILES string of the molecule is CNCB(C)CN(C)C. The molecule has 9 heavy (non-hydrogen) atoms. The van der Waals surface area contributed by atoms with E-state index in [1.54, 1.807) is 0 Å². The molecule has 0 atom stereocenters. The second-order valence-electron chi connectivity index (χ2n) is 2.93. The Labute approximate surface area is 58.7 Å². The third-order valence-corrected chi connectivity index (χ3v) is 1.23. The lowest BCUT2D eigenvalue weighted by Gasteiger charge is -2.12. The smallest absolute Gasteiger partial charge is 0.169 e. The van der Waals surface area contributed by atoms with Crippen molar-refractivity contribution in [2.45, 2.75) is 6.82 Å². The van der Waals surface area contributed by atoms with E-state index in [0.29, 0.717) is 0 Å². The Hall–Kier alpha value is -0.0151. The van der Waals surface area contributed by atoms with Gasteiger partial charge in [-0.15, -0.1) is 0 Å². The van der Waals surface area contributed by atoms with Crippen molar-refractivity contribution in [3.63, 3.8) is 0 Å². The zero-order valence-corrected chi connectivity index (χ0v) is 6.94. The summed E-state index contributed by atoms with van der Waals surface area (Å²) in [5, 5.41) is 3.15. The summed E-state index contributed by atoms with van der Waals surface area (Å²) in [6, 6.07) is 0. The Balaban J connectivity index is 3.15. The first kappa shape index (κ1) is 8.98. The van der Waals surface area contributed by atoms with Crippen LogP contribution in [0.5, 0.6) is 0 Å². The molecule has 0 aromatic rings. The average Bonchev–Trinajstić information content (AvgIpc) is 1.63. The maximum atomic E-state index is 3.15. The van der Waals surface area contributed by atoms with Crippen molar-refractivity contribution in [1.29, 1.82) is 0 Å². The molecule has 0 unspecified atom stereocenters. The van der Waals surface area contributed by atoms with E-state index in [-0.39, 0.29) is 0 Å². The van der Waals surface area contributed by atoms with Gasteiger partial charge in [0.15, 0.2) is 6.71 Å².